The van der Waals surface area contributed by atoms with E-state index in [0.717, 1.165) is 149 Å². The molecule has 6 fully saturated rings. The molecule has 0 amide bonds. The molecule has 12 nitrogen and oxygen atoms in total. The molecular formula is C120H156N12. The minimum absolute atomic E-state index is 0.590. The van der Waals surface area contributed by atoms with Crippen molar-refractivity contribution < 1.29 is 0 Å². The topological polar surface area (TPSA) is 312 Å². The third-order valence-corrected chi connectivity index (χ3v) is 30.4. The smallest absolute Gasteiger partial charge is 0.0314 e. The molecule has 12 aromatic rings. The molecular weight excluding hydrogens is 1610 g/mol. The van der Waals surface area contributed by atoms with Crippen LogP contribution in [0.5, 0.6) is 0 Å². The summed E-state index contributed by atoms with van der Waals surface area (Å²) in [5.41, 5.74) is 97.3. The first kappa shape index (κ1) is 98.7. The zero-order chi connectivity index (χ0) is 92.2. The molecule has 24 N–H and O–H groups in total. The van der Waals surface area contributed by atoms with Crippen molar-refractivity contribution in [2.24, 2.45) is 93.6 Å². The van der Waals surface area contributed by atoms with Crippen LogP contribution in [0.1, 0.15) is 244 Å². The maximum absolute atomic E-state index is 5.81. The van der Waals surface area contributed by atoms with E-state index in [1.807, 2.05) is 72.8 Å². The predicted molar refractivity (Wildman–Crippen MR) is 563 cm³/mol. The highest BCUT2D eigenvalue weighted by atomic mass is 14.6. The van der Waals surface area contributed by atoms with Crippen LogP contribution in [0, 0.1) is 59.2 Å². The average molecular weight is 1770 g/mol. The van der Waals surface area contributed by atoms with Gasteiger partial charge in [0.15, 0.2) is 0 Å². The molecule has 18 rings (SSSR count). The third kappa shape index (κ3) is 31.7. The van der Waals surface area contributed by atoms with Crippen molar-refractivity contribution in [1.29, 1.82) is 0 Å². The van der Waals surface area contributed by atoms with E-state index in [1.165, 1.54) is 262 Å². The van der Waals surface area contributed by atoms with Crippen molar-refractivity contribution in [3.05, 3.63) is 369 Å². The van der Waals surface area contributed by atoms with Crippen LogP contribution in [0.25, 0.3) is 22.3 Å². The summed E-state index contributed by atoms with van der Waals surface area (Å²) in [7, 11) is 0. The largest absolute Gasteiger partial charge is 0.399 e. The van der Waals surface area contributed by atoms with E-state index in [0.29, 0.717) is 25.6 Å². The van der Waals surface area contributed by atoms with Gasteiger partial charge in [-0.2, -0.15) is 0 Å². The van der Waals surface area contributed by atoms with Crippen molar-refractivity contribution in [1.82, 2.24) is 0 Å². The second kappa shape index (κ2) is 52.0. The highest BCUT2D eigenvalue weighted by Gasteiger charge is 2.33. The molecule has 696 valence electrons. The lowest BCUT2D eigenvalue weighted by Crippen LogP contribution is -2.29. The molecule has 0 unspecified atom stereocenters. The first-order chi connectivity index (χ1) is 64.4. The van der Waals surface area contributed by atoms with Crippen molar-refractivity contribution in [2.45, 2.75) is 224 Å². The Hall–Kier alpha value is -10.8. The second-order valence-electron chi connectivity index (χ2n) is 39.7. The summed E-state index contributed by atoms with van der Waals surface area (Å²) in [5, 5.41) is 0. The normalized spacial score (nSPS) is 21.7. The Kier molecular flexibility index (Phi) is 38.9. The van der Waals surface area contributed by atoms with Crippen LogP contribution in [0.15, 0.2) is 291 Å². The lowest BCUT2D eigenvalue weighted by molar-refractivity contribution is 0.146. The quantitative estimate of drug-likeness (QED) is 0.0251. The maximum atomic E-state index is 5.81. The number of anilines is 6. The van der Waals surface area contributed by atoms with Crippen LogP contribution in [0.3, 0.4) is 0 Å². The minimum Gasteiger partial charge on any atom is -0.399 e. The summed E-state index contributed by atoms with van der Waals surface area (Å²) in [4.78, 5) is 0. The highest BCUT2D eigenvalue weighted by molar-refractivity contribution is 5.65. The summed E-state index contributed by atoms with van der Waals surface area (Å²) in [6.07, 6.45) is 39.7. The van der Waals surface area contributed by atoms with Crippen LogP contribution in [-0.2, 0) is 58.2 Å². The number of rotatable bonds is 24. The first-order valence-corrected chi connectivity index (χ1v) is 50.3. The molecule has 0 spiro atoms. The van der Waals surface area contributed by atoms with Gasteiger partial charge in [0.05, 0.1) is 0 Å². The van der Waals surface area contributed by atoms with Crippen molar-refractivity contribution >= 4 is 34.1 Å². The van der Waals surface area contributed by atoms with Gasteiger partial charge in [0, 0.05) is 53.8 Å². The molecule has 0 atom stereocenters. The molecule has 0 radical (unpaired) electrons. The third-order valence-electron chi connectivity index (χ3n) is 30.4. The average Bonchev–Trinajstić information content (AvgIpc) is 0.841. The molecule has 0 aromatic heterocycles. The Labute approximate surface area is 792 Å². The Morgan fingerprint density at radius 1 is 0.159 bits per heavy atom. The van der Waals surface area contributed by atoms with E-state index in [9.17, 15) is 0 Å². The SMILES string of the molecule is NCC1CCC(C2CCC(CN)CC2)CC1.NCc1ccc(-c2ccc(CN)cc2)cc1.NCc1ccc(C2CCC(CN)CC2)cc1.Nc1ccc(CC2CCC(C3CCC(Cc4ccc(N)cc4)CC3)CC2)cc1.Nc1ccc(Cc2ccc(-c3ccc(Cc4ccc(N)cc4)cc3)cc2)cc1.Nc1ccc(Cc2ccc(C3CCC(Cc4ccc(N)cc4)CC3)cc2)cc1. The van der Waals surface area contributed by atoms with Crippen molar-refractivity contribution in [3.8, 4) is 22.3 Å². The number of nitrogen functional groups attached to an aromatic ring is 6. The second-order valence-corrected chi connectivity index (χ2v) is 39.7. The molecule has 0 aliphatic heterocycles. The molecule has 12 heteroatoms. The zero-order valence-corrected chi connectivity index (χ0v) is 79.0. The summed E-state index contributed by atoms with van der Waals surface area (Å²) in [5.74, 6) is 10.5. The van der Waals surface area contributed by atoms with Crippen LogP contribution in [0.4, 0.5) is 34.1 Å². The van der Waals surface area contributed by atoms with Gasteiger partial charge in [-0.25, -0.2) is 0 Å². The van der Waals surface area contributed by atoms with E-state index in [1.54, 1.807) is 0 Å². The van der Waals surface area contributed by atoms with E-state index in [2.05, 4.69) is 218 Å². The van der Waals surface area contributed by atoms with Crippen molar-refractivity contribution in [3.63, 3.8) is 0 Å². The fraction of sp³-hybridized carbons (Fsp3) is 0.400. The van der Waals surface area contributed by atoms with Gasteiger partial charge in [-0.1, -0.05) is 218 Å². The molecule has 132 heavy (non-hydrogen) atoms. The Bertz CT molecular complexity index is 4970. The lowest BCUT2D eigenvalue weighted by atomic mass is 9.68. The van der Waals surface area contributed by atoms with Crippen LogP contribution in [-0.4, -0.2) is 19.6 Å². The number of hydrogen-bond donors (Lipinski definition) is 12. The fourth-order valence-electron chi connectivity index (χ4n) is 21.7. The standard InChI is InChI=1S/C26H36N2.C26H30N2.C26H24N2.C14H28N2.C14H22N2.C14H16N2/c3*27-25-13-5-21(6-14-25)17-19-1-9-23(10-2-19)24-11-3-20(4-12-24)18-22-7-15-26(28)16-8-22;3*15-9-11-1-5-13(6-2-11)14-7-3-12(10-16)4-8-14/h5-8,13-16,19-20,23-24H,1-4,9-12,17-18,27-28H2;1-2,5-10,13-16,20,24H,3-4,11-12,17-18,27-28H2;1-16H,17-18,27-28H2;11-14H,1-10,15-16H2;1-2,5-6,12,14H,3-4,7-10,15-16H2;1-8H,9-10,15-16H2. The van der Waals surface area contributed by atoms with Gasteiger partial charge in [-0.15, -0.1) is 0 Å². The number of hydrogen-bond acceptors (Lipinski definition) is 12. The van der Waals surface area contributed by atoms with E-state index in [4.69, 9.17) is 68.8 Å². The van der Waals surface area contributed by atoms with Gasteiger partial charge in [0.1, 0.15) is 0 Å². The zero-order valence-electron chi connectivity index (χ0n) is 79.0. The van der Waals surface area contributed by atoms with Gasteiger partial charge >= 0.3 is 0 Å². The van der Waals surface area contributed by atoms with E-state index in [-0.39, 0.29) is 0 Å². The summed E-state index contributed by atoms with van der Waals surface area (Å²) in [6, 6.07) is 102. The molecule has 6 aliphatic carbocycles. The summed E-state index contributed by atoms with van der Waals surface area (Å²) < 4.78 is 0. The molecule has 12 aromatic carbocycles. The fourth-order valence-corrected chi connectivity index (χ4v) is 21.7. The Morgan fingerprint density at radius 2 is 0.318 bits per heavy atom. The number of benzene rings is 12. The van der Waals surface area contributed by atoms with Gasteiger partial charge in [-0.05, 0) is 456 Å². The lowest BCUT2D eigenvalue weighted by Gasteiger charge is -2.38. The number of nitrogens with two attached hydrogens (primary N) is 12. The first-order valence-electron chi connectivity index (χ1n) is 50.3. The van der Waals surface area contributed by atoms with E-state index < -0.39 is 0 Å². The van der Waals surface area contributed by atoms with Crippen LogP contribution < -0.4 is 68.8 Å². The van der Waals surface area contributed by atoms with Gasteiger partial charge < -0.3 is 68.8 Å². The van der Waals surface area contributed by atoms with Crippen LogP contribution >= 0.6 is 0 Å². The molecule has 6 saturated carbocycles. The van der Waals surface area contributed by atoms with E-state index >= 15 is 0 Å². The van der Waals surface area contributed by atoms with Crippen molar-refractivity contribution in [2.75, 3.05) is 54.0 Å². The molecule has 6 aliphatic rings. The molecule has 0 saturated heterocycles. The van der Waals surface area contributed by atoms with Gasteiger partial charge in [0.25, 0.3) is 0 Å². The Morgan fingerprint density at radius 3 is 0.523 bits per heavy atom. The molecule has 0 heterocycles. The maximum Gasteiger partial charge on any atom is 0.0314 e. The van der Waals surface area contributed by atoms with Gasteiger partial charge in [0.2, 0.25) is 0 Å². The summed E-state index contributed by atoms with van der Waals surface area (Å²) >= 11 is 0. The summed E-state index contributed by atoms with van der Waals surface area (Å²) in [6.45, 7) is 4.50. The molecule has 0 bridgehead atoms. The predicted octanol–water partition coefficient (Wildman–Crippen LogP) is 25.1. The monoisotopic (exact) mass is 1770 g/mol. The Balaban J connectivity index is 0.000000137. The minimum atomic E-state index is 0.590. The van der Waals surface area contributed by atoms with Crippen LogP contribution in [0.2, 0.25) is 0 Å². The highest BCUT2D eigenvalue weighted by Crippen LogP contribution is 2.45. The van der Waals surface area contributed by atoms with Gasteiger partial charge in [-0.3, -0.25) is 0 Å².